The predicted molar refractivity (Wildman–Crippen MR) is 69.6 cm³/mol. The maximum absolute atomic E-state index is 11.9. The fourth-order valence-corrected chi connectivity index (χ4v) is 2.07. The second-order valence-corrected chi connectivity index (χ2v) is 4.47. The average Bonchev–Trinajstić information content (AvgIpc) is 2.91. The van der Waals surface area contributed by atoms with Gasteiger partial charge in [-0.2, -0.15) is 0 Å². The van der Waals surface area contributed by atoms with E-state index < -0.39 is 0 Å². The minimum Gasteiger partial charge on any atom is -0.296 e. The molecule has 18 heavy (non-hydrogen) atoms. The van der Waals surface area contributed by atoms with E-state index in [-0.39, 0.29) is 11.6 Å². The minimum atomic E-state index is -0.303. The van der Waals surface area contributed by atoms with Gasteiger partial charge in [0.2, 0.25) is 0 Å². The van der Waals surface area contributed by atoms with Gasteiger partial charge in [-0.3, -0.25) is 10.1 Å². The molecular formula is C12H8N4OS. The van der Waals surface area contributed by atoms with Gasteiger partial charge in [0.1, 0.15) is 0 Å². The molecule has 0 aliphatic heterocycles. The van der Waals surface area contributed by atoms with E-state index in [1.54, 1.807) is 17.6 Å². The molecule has 2 heterocycles. The Bertz CT molecular complexity index is 696. The van der Waals surface area contributed by atoms with Crippen LogP contribution < -0.4 is 5.32 Å². The number of fused-ring (bicyclic) bond motifs is 1. The molecule has 0 radical (unpaired) electrons. The lowest BCUT2D eigenvalue weighted by molar-refractivity contribution is 0.102. The largest absolute Gasteiger partial charge is 0.296 e. The lowest BCUT2D eigenvalue weighted by Gasteiger charge is -2.01. The van der Waals surface area contributed by atoms with Crippen molar-refractivity contribution < 1.29 is 4.79 Å². The molecule has 3 rings (SSSR count). The summed E-state index contributed by atoms with van der Waals surface area (Å²) in [6.45, 7) is 0. The number of nitrogens with one attached hydrogen (secondary N) is 1. The molecule has 0 fully saturated rings. The Morgan fingerprint density at radius 2 is 2.11 bits per heavy atom. The van der Waals surface area contributed by atoms with Crippen LogP contribution in [0, 0.1) is 0 Å². The van der Waals surface area contributed by atoms with Crippen molar-refractivity contribution in [1.29, 1.82) is 0 Å². The van der Waals surface area contributed by atoms with Crippen LogP contribution in [0.5, 0.6) is 0 Å². The van der Waals surface area contributed by atoms with E-state index in [1.165, 1.54) is 11.3 Å². The van der Waals surface area contributed by atoms with Crippen LogP contribution in [0.25, 0.3) is 10.9 Å². The second-order valence-electron chi connectivity index (χ2n) is 3.58. The summed E-state index contributed by atoms with van der Waals surface area (Å²) >= 11 is 1.36. The van der Waals surface area contributed by atoms with E-state index in [2.05, 4.69) is 20.5 Å². The summed E-state index contributed by atoms with van der Waals surface area (Å²) < 4.78 is 0. The highest BCUT2D eigenvalue weighted by molar-refractivity contribution is 7.13. The number of nitrogens with zero attached hydrogens (tertiary/aromatic N) is 3. The van der Waals surface area contributed by atoms with Gasteiger partial charge in [0, 0.05) is 17.0 Å². The summed E-state index contributed by atoms with van der Waals surface area (Å²) in [5, 5.41) is 13.8. The summed E-state index contributed by atoms with van der Waals surface area (Å²) in [4.78, 5) is 15.9. The highest BCUT2D eigenvalue weighted by atomic mass is 32.1. The number of benzene rings is 1. The molecule has 88 valence electrons. The minimum absolute atomic E-state index is 0.281. The van der Waals surface area contributed by atoms with Gasteiger partial charge in [-0.05, 0) is 12.1 Å². The summed E-state index contributed by atoms with van der Waals surface area (Å²) in [6, 6.07) is 9.24. The number of carbonyl (C=O) groups is 1. The number of aromatic nitrogens is 3. The molecule has 0 saturated carbocycles. The molecule has 5 nitrogen and oxygen atoms in total. The molecule has 0 saturated heterocycles. The van der Waals surface area contributed by atoms with Crippen molar-refractivity contribution >= 4 is 33.3 Å². The van der Waals surface area contributed by atoms with E-state index in [1.807, 2.05) is 24.3 Å². The summed E-state index contributed by atoms with van der Waals surface area (Å²) in [5.41, 5.74) is 1.05. The van der Waals surface area contributed by atoms with Crippen LogP contribution in [0.4, 0.5) is 5.13 Å². The zero-order chi connectivity index (χ0) is 12.4. The lowest BCUT2D eigenvalue weighted by atomic mass is 10.2. The standard InChI is InChI=1S/C12H8N4OS/c17-11(14-12-13-5-6-18-12)10-7-8-3-1-2-4-9(8)15-16-10/h1-7H,(H,13,14,17). The Kier molecular flexibility index (Phi) is 2.70. The Labute approximate surface area is 107 Å². The van der Waals surface area contributed by atoms with E-state index in [9.17, 15) is 4.79 Å². The van der Waals surface area contributed by atoms with Gasteiger partial charge < -0.3 is 0 Å². The molecule has 0 atom stereocenters. The lowest BCUT2D eigenvalue weighted by Crippen LogP contribution is -2.14. The fraction of sp³-hybridized carbons (Fsp3) is 0. The molecule has 6 heteroatoms. The van der Waals surface area contributed by atoms with Crippen molar-refractivity contribution in [2.75, 3.05) is 5.32 Å². The molecule has 3 aromatic rings. The molecular weight excluding hydrogens is 248 g/mol. The predicted octanol–water partition coefficient (Wildman–Crippen LogP) is 2.34. The van der Waals surface area contributed by atoms with Crippen molar-refractivity contribution in [3.8, 4) is 0 Å². The van der Waals surface area contributed by atoms with E-state index in [0.29, 0.717) is 5.13 Å². The SMILES string of the molecule is O=C(Nc1nccs1)c1cc2ccccc2nn1. The first-order valence-corrected chi connectivity index (χ1v) is 6.14. The van der Waals surface area contributed by atoms with Crippen LogP contribution in [0.3, 0.4) is 0 Å². The van der Waals surface area contributed by atoms with E-state index in [0.717, 1.165) is 10.9 Å². The van der Waals surface area contributed by atoms with Crippen LogP contribution >= 0.6 is 11.3 Å². The van der Waals surface area contributed by atoms with E-state index >= 15 is 0 Å². The zero-order valence-electron chi connectivity index (χ0n) is 9.20. The maximum atomic E-state index is 11.9. The van der Waals surface area contributed by atoms with Gasteiger partial charge in [-0.15, -0.1) is 21.5 Å². The number of anilines is 1. The van der Waals surface area contributed by atoms with Gasteiger partial charge in [0.25, 0.3) is 5.91 Å². The van der Waals surface area contributed by atoms with Crippen molar-refractivity contribution in [2.45, 2.75) is 0 Å². The molecule has 1 N–H and O–H groups in total. The van der Waals surface area contributed by atoms with Gasteiger partial charge in [-0.25, -0.2) is 4.98 Å². The molecule has 1 aromatic carbocycles. The summed E-state index contributed by atoms with van der Waals surface area (Å²) in [6.07, 6.45) is 1.63. The van der Waals surface area contributed by atoms with E-state index in [4.69, 9.17) is 0 Å². The van der Waals surface area contributed by atoms with Gasteiger partial charge >= 0.3 is 0 Å². The molecule has 0 aliphatic carbocycles. The Hall–Kier alpha value is -2.34. The van der Waals surface area contributed by atoms with Crippen LogP contribution in [0.1, 0.15) is 10.5 Å². The third-order valence-corrected chi connectivity index (χ3v) is 3.07. The number of hydrogen-bond acceptors (Lipinski definition) is 5. The van der Waals surface area contributed by atoms with Gasteiger partial charge in [0.05, 0.1) is 5.52 Å². The fourth-order valence-electron chi connectivity index (χ4n) is 1.54. The molecule has 2 aromatic heterocycles. The molecule has 0 unspecified atom stereocenters. The van der Waals surface area contributed by atoms with Gasteiger partial charge in [0.15, 0.2) is 10.8 Å². The van der Waals surface area contributed by atoms with Crippen molar-refractivity contribution in [2.24, 2.45) is 0 Å². The molecule has 0 aliphatic rings. The van der Waals surface area contributed by atoms with Crippen LogP contribution in [-0.4, -0.2) is 21.1 Å². The third kappa shape index (κ3) is 2.05. The number of rotatable bonds is 2. The van der Waals surface area contributed by atoms with Gasteiger partial charge in [-0.1, -0.05) is 18.2 Å². The van der Waals surface area contributed by atoms with Crippen molar-refractivity contribution in [3.05, 3.63) is 47.6 Å². The average molecular weight is 256 g/mol. The van der Waals surface area contributed by atoms with Crippen LogP contribution in [0.2, 0.25) is 0 Å². The first-order valence-electron chi connectivity index (χ1n) is 5.26. The molecule has 0 spiro atoms. The van der Waals surface area contributed by atoms with Crippen LogP contribution in [0.15, 0.2) is 41.9 Å². The maximum Gasteiger partial charge on any atom is 0.277 e. The normalized spacial score (nSPS) is 10.4. The first kappa shape index (κ1) is 10.8. The number of thiazole rings is 1. The molecule has 1 amide bonds. The Morgan fingerprint density at radius 1 is 1.22 bits per heavy atom. The highest BCUT2D eigenvalue weighted by Crippen LogP contribution is 2.14. The monoisotopic (exact) mass is 256 g/mol. The first-order chi connectivity index (χ1) is 8.83. The number of hydrogen-bond donors (Lipinski definition) is 1. The topological polar surface area (TPSA) is 67.8 Å². The molecule has 0 bridgehead atoms. The summed E-state index contributed by atoms with van der Waals surface area (Å²) in [5.74, 6) is -0.303. The Morgan fingerprint density at radius 3 is 2.94 bits per heavy atom. The van der Waals surface area contributed by atoms with Crippen molar-refractivity contribution in [1.82, 2.24) is 15.2 Å². The van der Waals surface area contributed by atoms with Crippen molar-refractivity contribution in [3.63, 3.8) is 0 Å². The second kappa shape index (κ2) is 4.50. The van der Waals surface area contributed by atoms with Crippen LogP contribution in [-0.2, 0) is 0 Å². The summed E-state index contributed by atoms with van der Waals surface area (Å²) in [7, 11) is 0. The Balaban J connectivity index is 1.92. The quantitative estimate of drug-likeness (QED) is 0.764. The number of carbonyl (C=O) groups excluding carboxylic acids is 1. The zero-order valence-corrected chi connectivity index (χ0v) is 10.0. The third-order valence-electron chi connectivity index (χ3n) is 2.38. The highest BCUT2D eigenvalue weighted by Gasteiger charge is 2.10. The smallest absolute Gasteiger partial charge is 0.277 e. The number of amides is 1.